The highest BCUT2D eigenvalue weighted by molar-refractivity contribution is 8.02. The van der Waals surface area contributed by atoms with Crippen LogP contribution in [-0.2, 0) is 0 Å². The van der Waals surface area contributed by atoms with Crippen LogP contribution in [-0.4, -0.2) is 20.0 Å². The van der Waals surface area contributed by atoms with Gasteiger partial charge in [0.1, 0.15) is 5.75 Å². The number of ether oxygens (including phenoxy) is 1. The van der Waals surface area contributed by atoms with E-state index >= 15 is 0 Å². The first kappa shape index (κ1) is 11.9. The molecule has 4 heteroatoms. The molecule has 0 saturated carbocycles. The van der Waals surface area contributed by atoms with Gasteiger partial charge in [0.25, 0.3) is 0 Å². The third-order valence-electron chi connectivity index (χ3n) is 1.86. The minimum atomic E-state index is 0.776. The second-order valence-corrected chi connectivity index (χ2v) is 3.82. The monoisotopic (exact) mass is 224 g/mol. The smallest absolute Gasteiger partial charge is 0.118 e. The lowest BCUT2D eigenvalue weighted by Crippen LogP contribution is -2.03. The van der Waals surface area contributed by atoms with E-state index in [0.29, 0.717) is 0 Å². The second kappa shape index (κ2) is 6.37. The molecule has 0 saturated heterocycles. The van der Waals surface area contributed by atoms with Crippen LogP contribution in [0.15, 0.2) is 29.7 Å². The summed E-state index contributed by atoms with van der Waals surface area (Å²) >= 11 is 1.64. The summed E-state index contributed by atoms with van der Waals surface area (Å²) in [6.07, 6.45) is 0. The summed E-state index contributed by atoms with van der Waals surface area (Å²) in [5, 5.41) is 4.98. The maximum atomic E-state index is 5.90. The highest BCUT2D eigenvalue weighted by atomic mass is 32.2. The summed E-state index contributed by atoms with van der Waals surface area (Å²) in [6.45, 7) is 0. The van der Waals surface area contributed by atoms with Crippen LogP contribution in [0.2, 0.25) is 0 Å². The summed E-state index contributed by atoms with van der Waals surface area (Å²) in [5.74, 6) is 1.70. The standard InChI is InChI=1S/C11H16N2OS/c1-13-8-15-7-11(12)9-3-5-10(14-2)6-4-9/h3-7,13H,8,12H2,1-2H3/b11-7-. The summed E-state index contributed by atoms with van der Waals surface area (Å²) in [6, 6.07) is 7.70. The third-order valence-corrected chi connectivity index (χ3v) is 2.74. The third kappa shape index (κ3) is 3.85. The van der Waals surface area contributed by atoms with Crippen LogP contribution < -0.4 is 15.8 Å². The molecule has 3 N–H and O–H groups in total. The zero-order valence-electron chi connectivity index (χ0n) is 8.99. The Bertz CT molecular complexity index is 322. The van der Waals surface area contributed by atoms with Crippen molar-refractivity contribution >= 4 is 17.5 Å². The average Bonchev–Trinajstić information content (AvgIpc) is 2.29. The Morgan fingerprint density at radius 2 is 2.13 bits per heavy atom. The van der Waals surface area contributed by atoms with Crippen molar-refractivity contribution in [3.63, 3.8) is 0 Å². The van der Waals surface area contributed by atoms with Crippen molar-refractivity contribution in [1.82, 2.24) is 5.32 Å². The van der Waals surface area contributed by atoms with Gasteiger partial charge in [-0.25, -0.2) is 0 Å². The summed E-state index contributed by atoms with van der Waals surface area (Å²) < 4.78 is 5.07. The molecular weight excluding hydrogens is 208 g/mol. The molecule has 0 aliphatic carbocycles. The fraction of sp³-hybridized carbons (Fsp3) is 0.273. The van der Waals surface area contributed by atoms with E-state index in [9.17, 15) is 0 Å². The summed E-state index contributed by atoms with van der Waals surface area (Å²) in [7, 11) is 3.56. The topological polar surface area (TPSA) is 47.3 Å². The first-order valence-corrected chi connectivity index (χ1v) is 5.69. The molecule has 0 bridgehead atoms. The molecule has 1 aromatic rings. The van der Waals surface area contributed by atoms with E-state index in [1.165, 1.54) is 0 Å². The minimum absolute atomic E-state index is 0.776. The molecule has 0 radical (unpaired) electrons. The summed E-state index contributed by atoms with van der Waals surface area (Å²) in [5.41, 5.74) is 7.69. The lowest BCUT2D eigenvalue weighted by molar-refractivity contribution is 0.415. The maximum absolute atomic E-state index is 5.90. The molecule has 15 heavy (non-hydrogen) atoms. The largest absolute Gasteiger partial charge is 0.497 e. The number of nitrogens with one attached hydrogen (secondary N) is 1. The molecule has 0 unspecified atom stereocenters. The maximum Gasteiger partial charge on any atom is 0.118 e. The van der Waals surface area contributed by atoms with Crippen molar-refractivity contribution in [2.45, 2.75) is 0 Å². The predicted octanol–water partition coefficient (Wildman–Crippen LogP) is 1.86. The molecular formula is C11H16N2OS. The molecule has 0 aliphatic heterocycles. The fourth-order valence-corrected chi connectivity index (χ4v) is 1.63. The Labute approximate surface area is 94.7 Å². The number of rotatable bonds is 5. The predicted molar refractivity (Wildman–Crippen MR) is 66.7 cm³/mol. The molecule has 0 amide bonds. The van der Waals surface area contributed by atoms with Crippen LogP contribution in [0.4, 0.5) is 0 Å². The van der Waals surface area contributed by atoms with Crippen LogP contribution in [0, 0.1) is 0 Å². The van der Waals surface area contributed by atoms with Crippen LogP contribution >= 0.6 is 11.8 Å². The Morgan fingerprint density at radius 1 is 1.47 bits per heavy atom. The first-order chi connectivity index (χ1) is 7.27. The van der Waals surface area contributed by atoms with Gasteiger partial charge in [0.15, 0.2) is 0 Å². The quantitative estimate of drug-likeness (QED) is 0.592. The van der Waals surface area contributed by atoms with E-state index < -0.39 is 0 Å². The van der Waals surface area contributed by atoms with Gasteiger partial charge in [0.05, 0.1) is 7.11 Å². The number of thioether (sulfide) groups is 1. The van der Waals surface area contributed by atoms with Crippen molar-refractivity contribution in [3.8, 4) is 5.75 Å². The van der Waals surface area contributed by atoms with Crippen molar-refractivity contribution < 1.29 is 4.74 Å². The van der Waals surface area contributed by atoms with Crippen molar-refractivity contribution in [2.24, 2.45) is 5.73 Å². The average molecular weight is 224 g/mol. The van der Waals surface area contributed by atoms with Crippen molar-refractivity contribution in [3.05, 3.63) is 35.2 Å². The van der Waals surface area contributed by atoms with Crippen molar-refractivity contribution in [2.75, 3.05) is 20.0 Å². The Balaban J connectivity index is 2.65. The molecule has 0 heterocycles. The Hall–Kier alpha value is -1.13. The van der Waals surface area contributed by atoms with Crippen molar-refractivity contribution in [1.29, 1.82) is 0 Å². The molecule has 0 fully saturated rings. The lowest BCUT2D eigenvalue weighted by atomic mass is 10.2. The fourth-order valence-electron chi connectivity index (χ4n) is 1.07. The van der Waals surface area contributed by atoms with E-state index in [-0.39, 0.29) is 0 Å². The number of hydrogen-bond donors (Lipinski definition) is 2. The first-order valence-electron chi connectivity index (χ1n) is 4.64. The van der Waals surface area contributed by atoms with Gasteiger partial charge in [-0.05, 0) is 42.3 Å². The van der Waals surface area contributed by atoms with Gasteiger partial charge in [0, 0.05) is 11.6 Å². The van der Waals surface area contributed by atoms with Gasteiger partial charge in [-0.15, -0.1) is 11.8 Å². The van der Waals surface area contributed by atoms with E-state index in [2.05, 4.69) is 5.32 Å². The molecule has 82 valence electrons. The molecule has 0 atom stereocenters. The van der Waals surface area contributed by atoms with Crippen LogP contribution in [0.1, 0.15) is 5.56 Å². The molecule has 0 spiro atoms. The van der Waals surface area contributed by atoms with Crippen LogP contribution in [0.25, 0.3) is 5.70 Å². The van der Waals surface area contributed by atoms with Gasteiger partial charge in [-0.3, -0.25) is 0 Å². The van der Waals surface area contributed by atoms with E-state index in [4.69, 9.17) is 10.5 Å². The molecule has 0 aliphatic rings. The SMILES string of the molecule is CNCS/C=C(\N)c1ccc(OC)cc1. The van der Waals surface area contributed by atoms with Gasteiger partial charge in [0.2, 0.25) is 0 Å². The summed E-state index contributed by atoms with van der Waals surface area (Å²) in [4.78, 5) is 0. The van der Waals surface area contributed by atoms with E-state index in [1.54, 1.807) is 18.9 Å². The van der Waals surface area contributed by atoms with Crippen LogP contribution in [0.5, 0.6) is 5.75 Å². The highest BCUT2D eigenvalue weighted by Gasteiger charge is 1.96. The number of methoxy groups -OCH3 is 1. The lowest BCUT2D eigenvalue weighted by Gasteiger charge is -2.03. The normalized spacial score (nSPS) is 11.5. The number of hydrogen-bond acceptors (Lipinski definition) is 4. The van der Waals surface area contributed by atoms with E-state index in [1.807, 2.05) is 36.7 Å². The molecule has 1 rings (SSSR count). The van der Waals surface area contributed by atoms with E-state index in [0.717, 1.165) is 22.9 Å². The van der Waals surface area contributed by atoms with Gasteiger partial charge < -0.3 is 15.8 Å². The molecule has 3 nitrogen and oxygen atoms in total. The molecule has 0 aromatic heterocycles. The minimum Gasteiger partial charge on any atom is -0.497 e. The Kier molecular flexibility index (Phi) is 5.07. The zero-order chi connectivity index (χ0) is 11.1. The van der Waals surface area contributed by atoms with Gasteiger partial charge in [-0.1, -0.05) is 0 Å². The highest BCUT2D eigenvalue weighted by Crippen LogP contribution is 2.17. The van der Waals surface area contributed by atoms with Gasteiger partial charge in [-0.2, -0.15) is 0 Å². The second-order valence-electron chi connectivity index (χ2n) is 2.97. The zero-order valence-corrected chi connectivity index (χ0v) is 9.80. The number of benzene rings is 1. The number of nitrogens with two attached hydrogens (primary N) is 1. The van der Waals surface area contributed by atoms with Gasteiger partial charge >= 0.3 is 0 Å². The Morgan fingerprint density at radius 3 is 2.67 bits per heavy atom. The van der Waals surface area contributed by atoms with Crippen LogP contribution in [0.3, 0.4) is 0 Å². The molecule has 1 aromatic carbocycles.